The largest absolute Gasteiger partial charge is 0.324 e. The highest BCUT2D eigenvalue weighted by molar-refractivity contribution is 6.03. The highest BCUT2D eigenvalue weighted by atomic mass is 19.2. The molecule has 6 nitrogen and oxygen atoms in total. The molecule has 0 aliphatic carbocycles. The van der Waals surface area contributed by atoms with E-state index in [9.17, 15) is 18.4 Å². The van der Waals surface area contributed by atoms with E-state index in [1.165, 1.54) is 19.1 Å². The molecule has 0 fully saturated rings. The summed E-state index contributed by atoms with van der Waals surface area (Å²) in [6, 6.07) is 11.3. The van der Waals surface area contributed by atoms with Crippen LogP contribution in [0.1, 0.15) is 33.5 Å². The third kappa shape index (κ3) is 4.53. The van der Waals surface area contributed by atoms with Crippen molar-refractivity contribution in [1.82, 2.24) is 9.97 Å². The van der Waals surface area contributed by atoms with Crippen molar-refractivity contribution in [3.8, 4) is 0 Å². The number of anilines is 3. The predicted molar refractivity (Wildman–Crippen MR) is 101 cm³/mol. The number of hydrogen-bond donors (Lipinski definition) is 2. The van der Waals surface area contributed by atoms with Crippen LogP contribution in [0.25, 0.3) is 0 Å². The number of halogens is 2. The molecule has 1 amide bonds. The minimum atomic E-state index is -1.07. The summed E-state index contributed by atoms with van der Waals surface area (Å²) in [5, 5.41) is 5.41. The highest BCUT2D eigenvalue weighted by Crippen LogP contribution is 2.18. The molecule has 0 aliphatic heterocycles. The van der Waals surface area contributed by atoms with Gasteiger partial charge in [-0.15, -0.1) is 0 Å². The fraction of sp³-hybridized carbons (Fsp3) is 0.100. The first-order chi connectivity index (χ1) is 13.3. The van der Waals surface area contributed by atoms with Gasteiger partial charge in [0.2, 0.25) is 5.95 Å². The van der Waals surface area contributed by atoms with Gasteiger partial charge >= 0.3 is 0 Å². The summed E-state index contributed by atoms with van der Waals surface area (Å²) in [6.07, 6.45) is 0. The first-order valence-electron chi connectivity index (χ1n) is 8.32. The number of amides is 1. The Kier molecular flexibility index (Phi) is 5.39. The number of benzene rings is 2. The van der Waals surface area contributed by atoms with Crippen LogP contribution in [0.5, 0.6) is 0 Å². The second-order valence-electron chi connectivity index (χ2n) is 6.06. The lowest BCUT2D eigenvalue weighted by atomic mass is 10.1. The maximum Gasteiger partial charge on any atom is 0.274 e. The molecule has 0 bridgehead atoms. The summed E-state index contributed by atoms with van der Waals surface area (Å²) in [4.78, 5) is 32.3. The van der Waals surface area contributed by atoms with Crippen molar-refractivity contribution in [3.05, 3.63) is 77.1 Å². The molecule has 0 saturated carbocycles. The zero-order chi connectivity index (χ0) is 20.3. The molecule has 0 saturated heterocycles. The Hall–Kier alpha value is -3.68. The van der Waals surface area contributed by atoms with Gasteiger partial charge in [-0.3, -0.25) is 9.59 Å². The Balaban J connectivity index is 1.82. The van der Waals surface area contributed by atoms with Gasteiger partial charge in [0.15, 0.2) is 17.4 Å². The van der Waals surface area contributed by atoms with Gasteiger partial charge in [0.05, 0.1) is 0 Å². The molecule has 0 atom stereocenters. The minimum Gasteiger partial charge on any atom is -0.324 e. The van der Waals surface area contributed by atoms with E-state index in [0.717, 1.165) is 12.1 Å². The zero-order valence-electron chi connectivity index (χ0n) is 15.1. The van der Waals surface area contributed by atoms with Crippen molar-refractivity contribution >= 4 is 29.0 Å². The average molecular weight is 382 g/mol. The number of carbonyl (C=O) groups is 2. The van der Waals surface area contributed by atoms with E-state index in [1.54, 1.807) is 31.2 Å². The molecular formula is C20H16F2N4O2. The van der Waals surface area contributed by atoms with Gasteiger partial charge < -0.3 is 10.6 Å². The summed E-state index contributed by atoms with van der Waals surface area (Å²) >= 11 is 0. The third-order valence-electron chi connectivity index (χ3n) is 3.79. The van der Waals surface area contributed by atoms with E-state index in [4.69, 9.17) is 0 Å². The molecule has 2 N–H and O–H groups in total. The fourth-order valence-corrected chi connectivity index (χ4v) is 2.45. The summed E-state index contributed by atoms with van der Waals surface area (Å²) in [5.74, 6) is -2.59. The smallest absolute Gasteiger partial charge is 0.274 e. The van der Waals surface area contributed by atoms with Crippen LogP contribution in [-0.4, -0.2) is 21.7 Å². The van der Waals surface area contributed by atoms with E-state index in [-0.39, 0.29) is 23.1 Å². The normalized spacial score (nSPS) is 10.4. The van der Waals surface area contributed by atoms with Crippen LogP contribution in [0.3, 0.4) is 0 Å². The molecule has 0 spiro atoms. The van der Waals surface area contributed by atoms with Gasteiger partial charge in [-0.05, 0) is 44.2 Å². The second kappa shape index (κ2) is 7.91. The Labute approximate surface area is 159 Å². The van der Waals surface area contributed by atoms with E-state index in [1.807, 2.05) is 0 Å². The maximum atomic E-state index is 13.3. The molecule has 28 heavy (non-hydrogen) atoms. The molecule has 1 aromatic heterocycles. The highest BCUT2D eigenvalue weighted by Gasteiger charge is 2.13. The fourth-order valence-electron chi connectivity index (χ4n) is 2.45. The summed E-state index contributed by atoms with van der Waals surface area (Å²) in [5.41, 5.74) is 1.78. The number of aryl methyl sites for hydroxylation is 1. The van der Waals surface area contributed by atoms with E-state index >= 15 is 0 Å². The molecule has 0 unspecified atom stereocenters. The van der Waals surface area contributed by atoms with Gasteiger partial charge in [0.1, 0.15) is 5.69 Å². The average Bonchev–Trinajstić information content (AvgIpc) is 2.64. The van der Waals surface area contributed by atoms with E-state index in [0.29, 0.717) is 16.9 Å². The van der Waals surface area contributed by atoms with Crippen molar-refractivity contribution in [1.29, 1.82) is 0 Å². The topological polar surface area (TPSA) is 84.0 Å². The lowest BCUT2D eigenvalue weighted by molar-refractivity contribution is 0.101. The summed E-state index contributed by atoms with van der Waals surface area (Å²) in [6.45, 7) is 3.15. The molecule has 8 heteroatoms. The van der Waals surface area contributed by atoms with Gasteiger partial charge in [0, 0.05) is 28.7 Å². The van der Waals surface area contributed by atoms with Crippen LogP contribution in [0.2, 0.25) is 0 Å². The molecule has 142 valence electrons. The van der Waals surface area contributed by atoms with Crippen molar-refractivity contribution in [3.63, 3.8) is 0 Å². The Bertz CT molecular complexity index is 1070. The molecule has 0 radical (unpaired) electrons. The quantitative estimate of drug-likeness (QED) is 0.644. The Morgan fingerprint density at radius 3 is 2.43 bits per heavy atom. The van der Waals surface area contributed by atoms with Crippen LogP contribution in [0.15, 0.2) is 48.5 Å². The molecular weight excluding hydrogens is 366 g/mol. The number of hydrogen-bond acceptors (Lipinski definition) is 5. The summed E-state index contributed by atoms with van der Waals surface area (Å²) < 4.78 is 26.3. The number of nitrogens with one attached hydrogen (secondary N) is 2. The van der Waals surface area contributed by atoms with Crippen molar-refractivity contribution in [2.75, 3.05) is 10.6 Å². The van der Waals surface area contributed by atoms with Crippen molar-refractivity contribution in [2.45, 2.75) is 13.8 Å². The van der Waals surface area contributed by atoms with Gasteiger partial charge in [-0.1, -0.05) is 12.1 Å². The van der Waals surface area contributed by atoms with Crippen molar-refractivity contribution < 1.29 is 18.4 Å². The Morgan fingerprint density at radius 2 is 1.71 bits per heavy atom. The van der Waals surface area contributed by atoms with Gasteiger partial charge in [-0.2, -0.15) is 0 Å². The maximum absolute atomic E-state index is 13.3. The lowest BCUT2D eigenvalue weighted by Crippen LogP contribution is -2.15. The van der Waals surface area contributed by atoms with Crippen LogP contribution < -0.4 is 10.6 Å². The molecule has 1 heterocycles. The standard InChI is InChI=1S/C20H16F2N4O2/c1-11-8-18(19(28)24-15-6-7-16(21)17(22)10-15)26-20(23-11)25-14-5-3-4-13(9-14)12(2)27/h3-10H,1-2H3,(H,24,28)(H,23,25,26). The first-order valence-corrected chi connectivity index (χ1v) is 8.32. The number of nitrogens with zero attached hydrogens (tertiary/aromatic N) is 2. The first kappa shape index (κ1) is 19.1. The SMILES string of the molecule is CC(=O)c1cccc(Nc2nc(C)cc(C(=O)Nc3ccc(F)c(F)c3)n2)c1. The number of carbonyl (C=O) groups excluding carboxylic acids is 2. The lowest BCUT2D eigenvalue weighted by Gasteiger charge is -2.10. The number of ketones is 1. The van der Waals surface area contributed by atoms with Crippen LogP contribution in [0.4, 0.5) is 26.1 Å². The third-order valence-corrected chi connectivity index (χ3v) is 3.79. The van der Waals surface area contributed by atoms with Crippen LogP contribution >= 0.6 is 0 Å². The van der Waals surface area contributed by atoms with E-state index < -0.39 is 17.5 Å². The van der Waals surface area contributed by atoms with Crippen molar-refractivity contribution in [2.24, 2.45) is 0 Å². The van der Waals surface area contributed by atoms with Gasteiger partial charge in [0.25, 0.3) is 5.91 Å². The number of aromatic nitrogens is 2. The second-order valence-corrected chi connectivity index (χ2v) is 6.06. The summed E-state index contributed by atoms with van der Waals surface area (Å²) in [7, 11) is 0. The minimum absolute atomic E-state index is 0.0439. The molecule has 2 aromatic carbocycles. The predicted octanol–water partition coefficient (Wildman–Crippen LogP) is 4.26. The Morgan fingerprint density at radius 1 is 0.929 bits per heavy atom. The number of Topliss-reactive ketones (excluding diaryl/α,β-unsaturated/α-hetero) is 1. The molecule has 3 aromatic rings. The van der Waals surface area contributed by atoms with Crippen LogP contribution in [0, 0.1) is 18.6 Å². The van der Waals surface area contributed by atoms with Gasteiger partial charge in [-0.25, -0.2) is 18.7 Å². The zero-order valence-corrected chi connectivity index (χ0v) is 15.1. The molecule has 0 aliphatic rings. The van der Waals surface area contributed by atoms with E-state index in [2.05, 4.69) is 20.6 Å². The molecule has 3 rings (SSSR count). The van der Waals surface area contributed by atoms with Crippen LogP contribution in [-0.2, 0) is 0 Å². The number of rotatable bonds is 5. The monoisotopic (exact) mass is 382 g/mol.